The van der Waals surface area contributed by atoms with Gasteiger partial charge in [-0.1, -0.05) is 12.1 Å². The van der Waals surface area contributed by atoms with Crippen molar-refractivity contribution in [3.63, 3.8) is 0 Å². The van der Waals surface area contributed by atoms with Crippen LogP contribution in [0.15, 0.2) is 18.2 Å². The molecule has 1 atom stereocenters. The fourth-order valence-corrected chi connectivity index (χ4v) is 1.51. The van der Waals surface area contributed by atoms with Crippen LogP contribution in [0.3, 0.4) is 0 Å². The van der Waals surface area contributed by atoms with Crippen LogP contribution < -0.4 is 9.47 Å². The van der Waals surface area contributed by atoms with Crippen molar-refractivity contribution in [2.45, 2.75) is 26.1 Å². The fraction of sp³-hybridized carbons (Fsp3) is 0.462. The Morgan fingerprint density at radius 1 is 1.28 bits per heavy atom. The number of esters is 1. The molecule has 0 aromatic heterocycles. The molecule has 1 aromatic rings. The van der Waals surface area contributed by atoms with Crippen LogP contribution in [0.5, 0.6) is 11.5 Å². The van der Waals surface area contributed by atoms with Gasteiger partial charge in [-0.05, 0) is 19.9 Å². The lowest BCUT2D eigenvalue weighted by atomic mass is 10.1. The summed E-state index contributed by atoms with van der Waals surface area (Å²) in [6.07, 6.45) is -1.50. The van der Waals surface area contributed by atoms with Gasteiger partial charge in [0.25, 0.3) is 0 Å². The first-order chi connectivity index (χ1) is 8.51. The van der Waals surface area contributed by atoms with Gasteiger partial charge in [0.1, 0.15) is 0 Å². The van der Waals surface area contributed by atoms with Gasteiger partial charge in [-0.15, -0.1) is 0 Å². The normalized spacial score (nSPS) is 12.1. The van der Waals surface area contributed by atoms with Crippen LogP contribution in [-0.2, 0) is 9.53 Å². The number of carbonyl (C=O) groups is 1. The largest absolute Gasteiger partial charge is 0.493 e. The lowest BCUT2D eigenvalue weighted by molar-refractivity contribution is -0.150. The molecule has 0 radical (unpaired) electrons. The summed E-state index contributed by atoms with van der Waals surface area (Å²) in [5.41, 5.74) is 0.329. The maximum absolute atomic E-state index is 11.4. The van der Waals surface area contributed by atoms with E-state index in [9.17, 15) is 9.90 Å². The van der Waals surface area contributed by atoms with Crippen LogP contribution in [0.25, 0.3) is 0 Å². The SMILES string of the molecule is COC(=O)C(O)c1cccc(OC)c1OC(C)C. The highest BCUT2D eigenvalue weighted by molar-refractivity contribution is 5.77. The molecule has 0 aliphatic carbocycles. The summed E-state index contributed by atoms with van der Waals surface area (Å²) in [5.74, 6) is 0.0777. The average Bonchev–Trinajstić information content (AvgIpc) is 2.36. The number of aliphatic hydroxyl groups is 1. The third-order valence-corrected chi connectivity index (χ3v) is 2.30. The van der Waals surface area contributed by atoms with Gasteiger partial charge in [-0.25, -0.2) is 4.79 Å². The lowest BCUT2D eigenvalue weighted by Crippen LogP contribution is -2.16. The summed E-state index contributed by atoms with van der Waals surface area (Å²) < 4.78 is 15.3. The zero-order valence-corrected chi connectivity index (χ0v) is 11.0. The Hall–Kier alpha value is -1.75. The van der Waals surface area contributed by atoms with Crippen molar-refractivity contribution in [3.05, 3.63) is 23.8 Å². The Morgan fingerprint density at radius 2 is 1.94 bits per heavy atom. The van der Waals surface area contributed by atoms with E-state index in [4.69, 9.17) is 9.47 Å². The Labute approximate surface area is 106 Å². The van der Waals surface area contributed by atoms with Crippen molar-refractivity contribution in [3.8, 4) is 11.5 Å². The molecule has 0 spiro atoms. The van der Waals surface area contributed by atoms with Gasteiger partial charge in [0.05, 0.1) is 20.3 Å². The van der Waals surface area contributed by atoms with E-state index in [2.05, 4.69) is 4.74 Å². The molecule has 5 heteroatoms. The highest BCUT2D eigenvalue weighted by atomic mass is 16.5. The lowest BCUT2D eigenvalue weighted by Gasteiger charge is -2.19. The van der Waals surface area contributed by atoms with Crippen LogP contribution >= 0.6 is 0 Å². The Bertz CT molecular complexity index is 414. The van der Waals surface area contributed by atoms with E-state index in [1.165, 1.54) is 14.2 Å². The van der Waals surface area contributed by atoms with Crippen LogP contribution in [0, 0.1) is 0 Å². The number of methoxy groups -OCH3 is 2. The minimum Gasteiger partial charge on any atom is -0.493 e. The Kier molecular flexibility index (Phi) is 4.97. The van der Waals surface area contributed by atoms with E-state index in [1.807, 2.05) is 13.8 Å². The summed E-state index contributed by atoms with van der Waals surface area (Å²) >= 11 is 0. The topological polar surface area (TPSA) is 65.0 Å². The maximum Gasteiger partial charge on any atom is 0.339 e. The van der Waals surface area contributed by atoms with Crippen molar-refractivity contribution in [1.82, 2.24) is 0 Å². The molecule has 0 bridgehead atoms. The molecule has 0 saturated heterocycles. The second-order valence-corrected chi connectivity index (χ2v) is 3.97. The number of benzene rings is 1. The monoisotopic (exact) mass is 254 g/mol. The van der Waals surface area contributed by atoms with Gasteiger partial charge >= 0.3 is 5.97 Å². The van der Waals surface area contributed by atoms with Crippen molar-refractivity contribution >= 4 is 5.97 Å². The van der Waals surface area contributed by atoms with Gasteiger partial charge < -0.3 is 19.3 Å². The molecule has 1 N–H and O–H groups in total. The van der Waals surface area contributed by atoms with Crippen LogP contribution in [-0.4, -0.2) is 31.4 Å². The number of ether oxygens (including phenoxy) is 3. The molecule has 18 heavy (non-hydrogen) atoms. The molecule has 1 rings (SSSR count). The van der Waals surface area contributed by atoms with Crippen LogP contribution in [0.1, 0.15) is 25.5 Å². The third kappa shape index (κ3) is 3.13. The molecule has 0 aliphatic rings. The fourth-order valence-electron chi connectivity index (χ4n) is 1.51. The molecule has 0 amide bonds. The van der Waals surface area contributed by atoms with Crippen LogP contribution in [0.4, 0.5) is 0 Å². The maximum atomic E-state index is 11.4. The van der Waals surface area contributed by atoms with Crippen LogP contribution in [0.2, 0.25) is 0 Å². The first kappa shape index (κ1) is 14.3. The van der Waals surface area contributed by atoms with Crippen molar-refractivity contribution < 1.29 is 24.1 Å². The van der Waals surface area contributed by atoms with Crippen molar-refractivity contribution in [1.29, 1.82) is 0 Å². The summed E-state index contributed by atoms with van der Waals surface area (Å²) in [5, 5.41) is 9.89. The summed E-state index contributed by atoms with van der Waals surface area (Å²) in [7, 11) is 2.71. The smallest absolute Gasteiger partial charge is 0.339 e. The molecule has 5 nitrogen and oxygen atoms in total. The molecule has 0 heterocycles. The first-order valence-corrected chi connectivity index (χ1v) is 5.60. The molecule has 1 aromatic carbocycles. The van der Waals surface area contributed by atoms with E-state index in [0.717, 1.165) is 0 Å². The number of hydrogen-bond acceptors (Lipinski definition) is 5. The van der Waals surface area contributed by atoms with Gasteiger partial charge in [0.15, 0.2) is 17.6 Å². The number of rotatable bonds is 5. The zero-order valence-electron chi connectivity index (χ0n) is 11.0. The van der Waals surface area contributed by atoms with Gasteiger partial charge in [0, 0.05) is 5.56 Å². The Morgan fingerprint density at radius 3 is 2.44 bits per heavy atom. The predicted octanol–water partition coefficient (Wildman–Crippen LogP) is 1.69. The van der Waals surface area contributed by atoms with Crippen molar-refractivity contribution in [2.24, 2.45) is 0 Å². The standard InChI is InChI=1S/C13H18O5/c1-8(2)18-12-9(11(14)13(15)17-4)6-5-7-10(12)16-3/h5-8,11,14H,1-4H3. The van der Waals surface area contributed by atoms with E-state index in [1.54, 1.807) is 18.2 Å². The van der Waals surface area contributed by atoms with E-state index in [-0.39, 0.29) is 6.10 Å². The summed E-state index contributed by atoms with van der Waals surface area (Å²) in [4.78, 5) is 11.4. The van der Waals surface area contributed by atoms with Gasteiger partial charge in [0.2, 0.25) is 0 Å². The summed E-state index contributed by atoms with van der Waals surface area (Å²) in [6.45, 7) is 3.70. The second-order valence-electron chi connectivity index (χ2n) is 3.97. The Balaban J connectivity index is 3.20. The highest BCUT2D eigenvalue weighted by Gasteiger charge is 2.24. The molecular formula is C13H18O5. The minimum absolute atomic E-state index is 0.107. The molecule has 0 fully saturated rings. The number of para-hydroxylation sites is 1. The molecule has 100 valence electrons. The third-order valence-electron chi connectivity index (χ3n) is 2.30. The molecule has 0 aliphatic heterocycles. The second kappa shape index (κ2) is 6.26. The molecule has 0 saturated carbocycles. The van der Waals surface area contributed by atoms with Gasteiger partial charge in [-0.2, -0.15) is 0 Å². The predicted molar refractivity (Wildman–Crippen MR) is 65.7 cm³/mol. The highest BCUT2D eigenvalue weighted by Crippen LogP contribution is 2.35. The van der Waals surface area contributed by atoms with Crippen molar-refractivity contribution in [2.75, 3.05) is 14.2 Å². The first-order valence-electron chi connectivity index (χ1n) is 5.60. The summed E-state index contributed by atoms with van der Waals surface area (Å²) in [6, 6.07) is 4.97. The van der Waals surface area contributed by atoms with E-state index in [0.29, 0.717) is 17.1 Å². The van der Waals surface area contributed by atoms with E-state index < -0.39 is 12.1 Å². The number of carbonyl (C=O) groups excluding carboxylic acids is 1. The zero-order chi connectivity index (χ0) is 13.7. The molecular weight excluding hydrogens is 236 g/mol. The molecule has 1 unspecified atom stereocenters. The quantitative estimate of drug-likeness (QED) is 0.810. The average molecular weight is 254 g/mol. The minimum atomic E-state index is -1.39. The number of aliphatic hydroxyl groups excluding tert-OH is 1. The van der Waals surface area contributed by atoms with Gasteiger partial charge in [-0.3, -0.25) is 0 Å². The number of hydrogen-bond donors (Lipinski definition) is 1. The van der Waals surface area contributed by atoms with E-state index >= 15 is 0 Å².